The van der Waals surface area contributed by atoms with Gasteiger partial charge >= 0.3 is 0 Å². The van der Waals surface area contributed by atoms with Crippen molar-refractivity contribution in [1.82, 2.24) is 9.80 Å². The summed E-state index contributed by atoms with van der Waals surface area (Å²) in [5, 5.41) is 0. The van der Waals surface area contributed by atoms with Crippen molar-refractivity contribution < 1.29 is 19.0 Å². The van der Waals surface area contributed by atoms with E-state index in [4.69, 9.17) is 14.2 Å². The van der Waals surface area contributed by atoms with Crippen LogP contribution in [-0.4, -0.2) is 54.8 Å². The summed E-state index contributed by atoms with van der Waals surface area (Å²) in [5.74, 6) is 2.43. The summed E-state index contributed by atoms with van der Waals surface area (Å²) in [5.41, 5.74) is 1.88. The zero-order chi connectivity index (χ0) is 19.5. The first-order chi connectivity index (χ1) is 13.6. The Hall–Kier alpha value is -2.73. The van der Waals surface area contributed by atoms with Gasteiger partial charge in [-0.05, 0) is 49.7 Å². The Bertz CT molecular complexity index is 844. The van der Waals surface area contributed by atoms with Gasteiger partial charge in [-0.1, -0.05) is 12.1 Å². The summed E-state index contributed by atoms with van der Waals surface area (Å²) in [6, 6.07) is 13.5. The molecule has 6 nitrogen and oxygen atoms in total. The van der Waals surface area contributed by atoms with Gasteiger partial charge in [0.05, 0.1) is 6.10 Å². The van der Waals surface area contributed by atoms with E-state index in [1.807, 2.05) is 55.1 Å². The van der Waals surface area contributed by atoms with Crippen LogP contribution in [0.4, 0.5) is 0 Å². The van der Waals surface area contributed by atoms with Crippen molar-refractivity contribution >= 4 is 5.91 Å². The van der Waals surface area contributed by atoms with Crippen LogP contribution in [0.2, 0.25) is 0 Å². The maximum atomic E-state index is 12.9. The van der Waals surface area contributed by atoms with Crippen LogP contribution in [0.25, 0.3) is 0 Å². The van der Waals surface area contributed by atoms with E-state index < -0.39 is 0 Å². The number of hydrogen-bond donors (Lipinski definition) is 0. The molecule has 2 aliphatic rings. The second-order valence-corrected chi connectivity index (χ2v) is 7.45. The molecule has 0 aromatic heterocycles. The van der Waals surface area contributed by atoms with Gasteiger partial charge in [0.25, 0.3) is 5.91 Å². The Morgan fingerprint density at radius 1 is 1.04 bits per heavy atom. The molecule has 6 heteroatoms. The maximum absolute atomic E-state index is 12.9. The number of carbonyl (C=O) groups excluding carboxylic acids is 1. The third-order valence-corrected chi connectivity index (χ3v) is 4.96. The van der Waals surface area contributed by atoms with Crippen LogP contribution in [0.3, 0.4) is 0 Å². The fraction of sp³-hybridized carbons (Fsp3) is 0.409. The van der Waals surface area contributed by atoms with E-state index in [2.05, 4.69) is 11.0 Å². The molecule has 2 heterocycles. The fourth-order valence-electron chi connectivity index (χ4n) is 3.56. The molecule has 148 valence electrons. The number of hydrogen-bond acceptors (Lipinski definition) is 5. The molecule has 0 radical (unpaired) electrons. The Balaban J connectivity index is 1.33. The van der Waals surface area contributed by atoms with Crippen LogP contribution in [0.15, 0.2) is 42.5 Å². The minimum atomic E-state index is 0.0666. The van der Waals surface area contributed by atoms with Crippen molar-refractivity contribution in [2.45, 2.75) is 26.5 Å². The van der Waals surface area contributed by atoms with E-state index in [9.17, 15) is 4.79 Å². The lowest BCUT2D eigenvalue weighted by Gasteiger charge is -2.34. The number of amides is 1. The van der Waals surface area contributed by atoms with Crippen molar-refractivity contribution in [3.05, 3.63) is 53.6 Å². The molecule has 0 saturated carbocycles. The second-order valence-electron chi connectivity index (χ2n) is 7.45. The highest BCUT2D eigenvalue weighted by molar-refractivity contribution is 5.94. The monoisotopic (exact) mass is 382 g/mol. The summed E-state index contributed by atoms with van der Waals surface area (Å²) in [6.07, 6.45) is 0.0880. The van der Waals surface area contributed by atoms with Gasteiger partial charge in [0.2, 0.25) is 6.79 Å². The molecule has 0 unspecified atom stereocenters. The van der Waals surface area contributed by atoms with Gasteiger partial charge in [0, 0.05) is 38.3 Å². The lowest BCUT2D eigenvalue weighted by molar-refractivity contribution is 0.0628. The molecule has 1 fully saturated rings. The summed E-state index contributed by atoms with van der Waals surface area (Å²) >= 11 is 0. The summed E-state index contributed by atoms with van der Waals surface area (Å²) in [4.78, 5) is 17.1. The summed E-state index contributed by atoms with van der Waals surface area (Å²) in [6.45, 7) is 8.24. The minimum Gasteiger partial charge on any atom is -0.491 e. The molecule has 2 aromatic carbocycles. The zero-order valence-corrected chi connectivity index (χ0v) is 16.4. The molecular weight excluding hydrogens is 356 g/mol. The number of benzene rings is 2. The van der Waals surface area contributed by atoms with Crippen LogP contribution in [0.5, 0.6) is 17.2 Å². The Labute approximate surface area is 165 Å². The van der Waals surface area contributed by atoms with Gasteiger partial charge in [-0.3, -0.25) is 9.69 Å². The number of piperazine rings is 1. The molecule has 1 saturated heterocycles. The molecule has 1 amide bonds. The zero-order valence-electron chi connectivity index (χ0n) is 16.4. The van der Waals surface area contributed by atoms with Crippen LogP contribution >= 0.6 is 0 Å². The molecule has 0 bridgehead atoms. The van der Waals surface area contributed by atoms with Gasteiger partial charge in [-0.15, -0.1) is 0 Å². The van der Waals surface area contributed by atoms with Crippen molar-refractivity contribution in [2.75, 3.05) is 33.0 Å². The SMILES string of the molecule is CC(C)Oc1cccc(C(=O)N2CCN(Cc3ccc4c(c3)OCO4)CC2)c1. The molecule has 4 rings (SSSR count). The topological polar surface area (TPSA) is 51.2 Å². The van der Waals surface area contributed by atoms with E-state index >= 15 is 0 Å². The van der Waals surface area contributed by atoms with E-state index in [1.54, 1.807) is 0 Å². The highest BCUT2D eigenvalue weighted by Gasteiger charge is 2.23. The average Bonchev–Trinajstić information content (AvgIpc) is 3.15. The minimum absolute atomic E-state index is 0.0666. The van der Waals surface area contributed by atoms with Gasteiger partial charge in [0.15, 0.2) is 11.5 Å². The molecule has 0 N–H and O–H groups in total. The molecule has 0 spiro atoms. The van der Waals surface area contributed by atoms with Crippen LogP contribution in [0.1, 0.15) is 29.8 Å². The van der Waals surface area contributed by atoms with Crippen LogP contribution in [0, 0.1) is 0 Å². The predicted octanol–water partition coefficient (Wildman–Crippen LogP) is 3.16. The fourth-order valence-corrected chi connectivity index (χ4v) is 3.56. The van der Waals surface area contributed by atoms with Crippen molar-refractivity contribution in [3.63, 3.8) is 0 Å². The van der Waals surface area contributed by atoms with Gasteiger partial charge in [0.1, 0.15) is 5.75 Å². The Kier molecular flexibility index (Phi) is 5.39. The van der Waals surface area contributed by atoms with Crippen molar-refractivity contribution in [2.24, 2.45) is 0 Å². The molecule has 28 heavy (non-hydrogen) atoms. The van der Waals surface area contributed by atoms with E-state index in [0.29, 0.717) is 12.4 Å². The molecule has 0 aliphatic carbocycles. The predicted molar refractivity (Wildman–Crippen MR) is 106 cm³/mol. The third kappa shape index (κ3) is 4.22. The second kappa shape index (κ2) is 8.10. The van der Waals surface area contributed by atoms with E-state index in [-0.39, 0.29) is 12.0 Å². The quantitative estimate of drug-likeness (QED) is 0.795. The first-order valence-corrected chi connectivity index (χ1v) is 9.75. The number of carbonyl (C=O) groups is 1. The Morgan fingerprint density at radius 2 is 1.82 bits per heavy atom. The van der Waals surface area contributed by atoms with Gasteiger partial charge in [-0.25, -0.2) is 0 Å². The number of ether oxygens (including phenoxy) is 3. The molecular formula is C22H26N2O4. The average molecular weight is 382 g/mol. The first-order valence-electron chi connectivity index (χ1n) is 9.75. The number of rotatable bonds is 5. The first kappa shape index (κ1) is 18.6. The summed E-state index contributed by atoms with van der Waals surface area (Å²) in [7, 11) is 0. The largest absolute Gasteiger partial charge is 0.491 e. The smallest absolute Gasteiger partial charge is 0.254 e. The maximum Gasteiger partial charge on any atom is 0.254 e. The lowest BCUT2D eigenvalue weighted by atomic mass is 10.1. The van der Waals surface area contributed by atoms with Gasteiger partial charge < -0.3 is 19.1 Å². The molecule has 2 aromatic rings. The third-order valence-electron chi connectivity index (χ3n) is 4.96. The van der Waals surface area contributed by atoms with E-state index in [1.165, 1.54) is 5.56 Å². The lowest BCUT2D eigenvalue weighted by Crippen LogP contribution is -2.48. The number of fused-ring (bicyclic) bond motifs is 1. The number of nitrogens with zero attached hydrogens (tertiary/aromatic N) is 2. The molecule has 0 atom stereocenters. The highest BCUT2D eigenvalue weighted by atomic mass is 16.7. The highest BCUT2D eigenvalue weighted by Crippen LogP contribution is 2.32. The summed E-state index contributed by atoms with van der Waals surface area (Å²) < 4.78 is 16.5. The normalized spacial score (nSPS) is 16.5. The standard InChI is InChI=1S/C22H26N2O4/c1-16(2)28-19-5-3-4-18(13-19)22(25)24-10-8-23(9-11-24)14-17-6-7-20-21(12-17)27-15-26-20/h3-7,12-13,16H,8-11,14-15H2,1-2H3. The Morgan fingerprint density at radius 3 is 2.61 bits per heavy atom. The van der Waals surface area contributed by atoms with Crippen LogP contribution < -0.4 is 14.2 Å². The van der Waals surface area contributed by atoms with E-state index in [0.717, 1.165) is 50.0 Å². The van der Waals surface area contributed by atoms with Crippen LogP contribution in [-0.2, 0) is 6.54 Å². The van der Waals surface area contributed by atoms with Crippen molar-refractivity contribution in [1.29, 1.82) is 0 Å². The van der Waals surface area contributed by atoms with Gasteiger partial charge in [-0.2, -0.15) is 0 Å². The van der Waals surface area contributed by atoms with Crippen molar-refractivity contribution in [3.8, 4) is 17.2 Å². The molecule has 2 aliphatic heterocycles.